The van der Waals surface area contributed by atoms with Crippen LogP contribution in [-0.4, -0.2) is 49.7 Å². The van der Waals surface area contributed by atoms with Crippen molar-refractivity contribution in [1.82, 2.24) is 24.3 Å². The molecule has 0 spiro atoms. The highest BCUT2D eigenvalue weighted by molar-refractivity contribution is 6.04. The van der Waals surface area contributed by atoms with Crippen molar-refractivity contribution >= 4 is 29.0 Å². The van der Waals surface area contributed by atoms with E-state index in [0.717, 1.165) is 31.2 Å². The van der Waals surface area contributed by atoms with E-state index in [4.69, 9.17) is 4.98 Å². The topological polar surface area (TPSA) is 105 Å². The first-order valence-electron chi connectivity index (χ1n) is 12.4. The van der Waals surface area contributed by atoms with Crippen molar-refractivity contribution in [3.05, 3.63) is 71.9 Å². The number of alkyl halides is 3. The molecule has 9 nitrogen and oxygen atoms in total. The van der Waals surface area contributed by atoms with Crippen LogP contribution in [0.1, 0.15) is 47.6 Å². The van der Waals surface area contributed by atoms with Gasteiger partial charge >= 0.3 is 6.18 Å². The Morgan fingerprint density at radius 3 is 2.58 bits per heavy atom. The van der Waals surface area contributed by atoms with Gasteiger partial charge in [0, 0.05) is 43.3 Å². The average molecular weight is 548 g/mol. The van der Waals surface area contributed by atoms with Crippen LogP contribution in [0.3, 0.4) is 0 Å². The van der Waals surface area contributed by atoms with E-state index < -0.39 is 17.6 Å². The van der Waals surface area contributed by atoms with Gasteiger partial charge in [-0.3, -0.25) is 14.0 Å². The lowest BCUT2D eigenvalue weighted by molar-refractivity contribution is -0.137. The number of pyridine rings is 1. The van der Waals surface area contributed by atoms with E-state index in [9.17, 15) is 22.8 Å². The van der Waals surface area contributed by atoms with Gasteiger partial charge in [0.15, 0.2) is 5.82 Å². The Balaban J connectivity index is 1.48. The van der Waals surface area contributed by atoms with Gasteiger partial charge in [0.25, 0.3) is 11.8 Å². The summed E-state index contributed by atoms with van der Waals surface area (Å²) in [6.45, 7) is 2.20. The molecule has 1 aliphatic heterocycles. The number of fused-ring (bicyclic) bond motifs is 1. The van der Waals surface area contributed by atoms with Crippen molar-refractivity contribution in [3.8, 4) is 23.1 Å². The van der Waals surface area contributed by atoms with Gasteiger partial charge in [-0.2, -0.15) is 13.2 Å². The van der Waals surface area contributed by atoms with E-state index in [1.807, 2.05) is 4.40 Å². The number of benzene rings is 1. The highest BCUT2D eigenvalue weighted by Gasteiger charge is 2.34. The molecule has 5 rings (SSSR count). The Bertz CT molecular complexity index is 1650. The molecule has 1 fully saturated rings. The fourth-order valence-corrected chi connectivity index (χ4v) is 4.78. The molecule has 1 aliphatic rings. The number of rotatable bonds is 5. The number of hydrogen-bond acceptors (Lipinski definition) is 6. The van der Waals surface area contributed by atoms with Crippen molar-refractivity contribution in [1.29, 1.82) is 0 Å². The zero-order valence-electron chi connectivity index (χ0n) is 21.6. The third-order valence-corrected chi connectivity index (χ3v) is 6.61. The van der Waals surface area contributed by atoms with Gasteiger partial charge in [-0.1, -0.05) is 18.1 Å². The second kappa shape index (κ2) is 10.7. The number of aromatic nitrogens is 4. The Morgan fingerprint density at radius 1 is 1.10 bits per heavy atom. The Labute approximate surface area is 227 Å². The monoisotopic (exact) mass is 547 g/mol. The molecule has 2 amide bonds. The second-order valence-electron chi connectivity index (χ2n) is 9.05. The summed E-state index contributed by atoms with van der Waals surface area (Å²) < 4.78 is 40.9. The third kappa shape index (κ3) is 5.05. The SMILES string of the molecule is CC#CC(=O)N1CCCC1c1nc(-c2ccc(C(=O)Nc3cc(C(F)(F)F)ccn3)cc2)c2c(NC)nccn12. The Kier molecular flexibility index (Phi) is 7.13. The number of nitrogens with one attached hydrogen (secondary N) is 2. The lowest BCUT2D eigenvalue weighted by Gasteiger charge is -2.21. The summed E-state index contributed by atoms with van der Waals surface area (Å²) in [5.41, 5.74) is 1.30. The number of halogens is 3. The van der Waals surface area contributed by atoms with Crippen LogP contribution in [0, 0.1) is 11.8 Å². The quantitative estimate of drug-likeness (QED) is 0.348. The fourth-order valence-electron chi connectivity index (χ4n) is 4.78. The van der Waals surface area contributed by atoms with Crippen LogP contribution in [0.4, 0.5) is 24.8 Å². The molecule has 2 N–H and O–H groups in total. The zero-order chi connectivity index (χ0) is 28.4. The number of imidazole rings is 1. The minimum absolute atomic E-state index is 0.207. The smallest absolute Gasteiger partial charge is 0.371 e. The van der Waals surface area contributed by atoms with Crippen LogP contribution in [0.15, 0.2) is 55.0 Å². The molecular weight excluding hydrogens is 523 g/mol. The predicted molar refractivity (Wildman–Crippen MR) is 142 cm³/mol. The van der Waals surface area contributed by atoms with E-state index in [1.54, 1.807) is 55.5 Å². The number of anilines is 2. The van der Waals surface area contributed by atoms with Crippen LogP contribution in [0.2, 0.25) is 0 Å². The molecule has 0 saturated carbocycles. The Hall–Kier alpha value is -4.92. The minimum atomic E-state index is -4.55. The number of likely N-dealkylation sites (tertiary alicyclic amines) is 1. The summed E-state index contributed by atoms with van der Waals surface area (Å²) >= 11 is 0. The molecule has 40 heavy (non-hydrogen) atoms. The molecule has 1 saturated heterocycles. The van der Waals surface area contributed by atoms with Crippen LogP contribution in [0.5, 0.6) is 0 Å². The first-order chi connectivity index (χ1) is 19.2. The molecular formula is C28H24F3N7O2. The van der Waals surface area contributed by atoms with Crippen molar-refractivity contribution < 1.29 is 22.8 Å². The van der Waals surface area contributed by atoms with E-state index in [1.165, 1.54) is 0 Å². The molecule has 4 heterocycles. The fraction of sp³-hybridized carbons (Fsp3) is 0.250. The molecule has 1 unspecified atom stereocenters. The van der Waals surface area contributed by atoms with Gasteiger partial charge in [-0.05, 0) is 50.0 Å². The van der Waals surface area contributed by atoms with Gasteiger partial charge in [-0.25, -0.2) is 15.0 Å². The maximum atomic E-state index is 13.0. The minimum Gasteiger partial charge on any atom is -0.371 e. The van der Waals surface area contributed by atoms with E-state index >= 15 is 0 Å². The third-order valence-electron chi connectivity index (χ3n) is 6.61. The molecule has 0 bridgehead atoms. The molecule has 3 aromatic heterocycles. The summed E-state index contributed by atoms with van der Waals surface area (Å²) in [5.74, 6) is 5.47. The predicted octanol–water partition coefficient (Wildman–Crippen LogP) is 4.79. The van der Waals surface area contributed by atoms with E-state index in [0.29, 0.717) is 35.0 Å². The molecule has 4 aromatic rings. The molecule has 1 atom stereocenters. The maximum Gasteiger partial charge on any atom is 0.416 e. The van der Waals surface area contributed by atoms with Gasteiger partial charge in [-0.15, -0.1) is 0 Å². The van der Waals surface area contributed by atoms with Crippen molar-refractivity contribution in [2.45, 2.75) is 32.0 Å². The zero-order valence-corrected chi connectivity index (χ0v) is 21.6. The number of carbonyl (C=O) groups is 2. The van der Waals surface area contributed by atoms with Gasteiger partial charge in [0.05, 0.1) is 11.6 Å². The molecule has 0 radical (unpaired) electrons. The highest BCUT2D eigenvalue weighted by Crippen LogP contribution is 2.37. The normalized spacial score (nSPS) is 15.0. The van der Waals surface area contributed by atoms with Crippen LogP contribution in [-0.2, 0) is 11.0 Å². The van der Waals surface area contributed by atoms with Crippen LogP contribution in [0.25, 0.3) is 16.8 Å². The standard InChI is InChI=1S/C28H24F3N7O2/c1-3-5-22(39)37-14-4-6-20(37)26-36-23(24-25(32-2)34-13-15-38(24)26)17-7-9-18(10-8-17)27(40)35-21-16-19(11-12-33-21)28(29,30)31/h7-13,15-16,20H,4,6,14H2,1-2H3,(H,32,34)(H,33,35,40). The van der Waals surface area contributed by atoms with Crippen molar-refractivity contribution in [2.75, 3.05) is 24.2 Å². The largest absolute Gasteiger partial charge is 0.416 e. The number of nitrogens with zero attached hydrogens (tertiary/aromatic N) is 5. The van der Waals surface area contributed by atoms with Crippen molar-refractivity contribution in [3.63, 3.8) is 0 Å². The second-order valence-corrected chi connectivity index (χ2v) is 9.05. The molecule has 12 heteroatoms. The van der Waals surface area contributed by atoms with Gasteiger partial charge < -0.3 is 15.5 Å². The molecule has 204 valence electrons. The van der Waals surface area contributed by atoms with Crippen LogP contribution < -0.4 is 10.6 Å². The van der Waals surface area contributed by atoms with Gasteiger partial charge in [0.2, 0.25) is 0 Å². The number of carbonyl (C=O) groups excluding carboxylic acids is 2. The lowest BCUT2D eigenvalue weighted by atomic mass is 10.1. The summed E-state index contributed by atoms with van der Waals surface area (Å²) in [5, 5.41) is 5.49. The lowest BCUT2D eigenvalue weighted by Crippen LogP contribution is -2.30. The first kappa shape index (κ1) is 26.7. The Morgan fingerprint density at radius 2 is 1.88 bits per heavy atom. The van der Waals surface area contributed by atoms with Crippen molar-refractivity contribution in [2.24, 2.45) is 0 Å². The van der Waals surface area contributed by atoms with E-state index in [-0.39, 0.29) is 23.3 Å². The summed E-state index contributed by atoms with van der Waals surface area (Å²) in [6.07, 6.45) is 1.43. The molecule has 1 aromatic carbocycles. The van der Waals surface area contributed by atoms with Gasteiger partial charge in [0.1, 0.15) is 22.9 Å². The highest BCUT2D eigenvalue weighted by atomic mass is 19.4. The maximum absolute atomic E-state index is 13.0. The molecule has 0 aliphatic carbocycles. The number of amides is 2. The summed E-state index contributed by atoms with van der Waals surface area (Å²) in [6, 6.07) is 7.86. The summed E-state index contributed by atoms with van der Waals surface area (Å²) in [4.78, 5) is 40.3. The summed E-state index contributed by atoms with van der Waals surface area (Å²) in [7, 11) is 1.75. The van der Waals surface area contributed by atoms with Crippen LogP contribution >= 0.6 is 0 Å². The number of hydrogen-bond donors (Lipinski definition) is 2. The average Bonchev–Trinajstić information content (AvgIpc) is 3.58. The first-order valence-corrected chi connectivity index (χ1v) is 12.4. The van der Waals surface area contributed by atoms with E-state index in [2.05, 4.69) is 32.4 Å².